The Morgan fingerprint density at radius 3 is 1.90 bits per heavy atom. The van der Waals surface area contributed by atoms with Crippen LogP contribution in [-0.4, -0.2) is 5.11 Å². The first-order valence-electron chi connectivity index (χ1n) is 7.00. The molecule has 1 atom stereocenters. The van der Waals surface area contributed by atoms with Crippen LogP contribution in [-0.2, 0) is 6.54 Å². The molecule has 0 fully saturated rings. The van der Waals surface area contributed by atoms with Crippen molar-refractivity contribution in [1.29, 1.82) is 0 Å². The van der Waals surface area contributed by atoms with Gasteiger partial charge in [0.1, 0.15) is 6.10 Å². The highest BCUT2D eigenvalue weighted by molar-refractivity contribution is 5.48. The monoisotopic (exact) mass is 269 g/mol. The van der Waals surface area contributed by atoms with E-state index in [4.69, 9.17) is 5.73 Å². The smallest absolute Gasteiger partial charge is 0.105 e. The molecule has 0 bridgehead atoms. The topological polar surface area (TPSA) is 46.2 Å². The fraction of sp³-hybridized carbons (Fsp3) is 0.333. The molecule has 106 valence electrons. The van der Waals surface area contributed by atoms with E-state index in [2.05, 4.69) is 33.8 Å². The summed E-state index contributed by atoms with van der Waals surface area (Å²) in [4.78, 5) is 0. The van der Waals surface area contributed by atoms with E-state index in [1.807, 2.05) is 24.3 Å². The summed E-state index contributed by atoms with van der Waals surface area (Å²) in [5.74, 6) is 0. The Bertz CT molecular complexity index is 588. The molecule has 1 unspecified atom stereocenters. The second-order valence-corrected chi connectivity index (χ2v) is 5.52. The van der Waals surface area contributed by atoms with Gasteiger partial charge in [-0.25, -0.2) is 0 Å². The molecule has 0 aliphatic rings. The van der Waals surface area contributed by atoms with Gasteiger partial charge in [-0.1, -0.05) is 30.3 Å². The second kappa shape index (κ2) is 5.78. The van der Waals surface area contributed by atoms with Crippen LogP contribution in [0.15, 0.2) is 30.3 Å². The Morgan fingerprint density at radius 1 is 0.950 bits per heavy atom. The van der Waals surface area contributed by atoms with Gasteiger partial charge in [0, 0.05) is 6.54 Å². The van der Waals surface area contributed by atoms with Crippen molar-refractivity contribution < 1.29 is 5.11 Å². The van der Waals surface area contributed by atoms with Crippen molar-refractivity contribution in [2.24, 2.45) is 5.73 Å². The summed E-state index contributed by atoms with van der Waals surface area (Å²) in [5, 5.41) is 10.7. The summed E-state index contributed by atoms with van der Waals surface area (Å²) >= 11 is 0. The van der Waals surface area contributed by atoms with E-state index in [0.29, 0.717) is 6.54 Å². The minimum atomic E-state index is -0.583. The molecule has 20 heavy (non-hydrogen) atoms. The second-order valence-electron chi connectivity index (χ2n) is 5.52. The van der Waals surface area contributed by atoms with Gasteiger partial charge >= 0.3 is 0 Å². The maximum atomic E-state index is 10.7. The first-order chi connectivity index (χ1) is 9.45. The summed E-state index contributed by atoms with van der Waals surface area (Å²) < 4.78 is 0. The van der Waals surface area contributed by atoms with E-state index in [9.17, 15) is 5.11 Å². The van der Waals surface area contributed by atoms with Crippen LogP contribution < -0.4 is 5.73 Å². The van der Waals surface area contributed by atoms with Crippen molar-refractivity contribution in [3.8, 4) is 0 Å². The molecule has 2 aromatic carbocycles. The van der Waals surface area contributed by atoms with Gasteiger partial charge in [0.25, 0.3) is 0 Å². The molecule has 3 N–H and O–H groups in total. The lowest BCUT2D eigenvalue weighted by atomic mass is 9.88. The molecule has 0 heterocycles. The van der Waals surface area contributed by atoms with Gasteiger partial charge in [0.2, 0.25) is 0 Å². The van der Waals surface area contributed by atoms with Crippen LogP contribution in [0.2, 0.25) is 0 Å². The summed E-state index contributed by atoms with van der Waals surface area (Å²) in [5.41, 5.74) is 13.4. The summed E-state index contributed by atoms with van der Waals surface area (Å²) in [6.45, 7) is 8.87. The van der Waals surface area contributed by atoms with Crippen molar-refractivity contribution in [2.45, 2.75) is 40.3 Å². The summed E-state index contributed by atoms with van der Waals surface area (Å²) in [6, 6.07) is 10.1. The number of aliphatic hydroxyl groups is 1. The zero-order chi connectivity index (χ0) is 14.9. The van der Waals surface area contributed by atoms with Gasteiger partial charge in [-0.3, -0.25) is 0 Å². The average Bonchev–Trinajstić information content (AvgIpc) is 2.45. The molecule has 0 aliphatic heterocycles. The van der Waals surface area contributed by atoms with Crippen LogP contribution in [0.3, 0.4) is 0 Å². The molecule has 2 heteroatoms. The molecule has 2 rings (SSSR count). The number of aryl methyl sites for hydroxylation is 2. The zero-order valence-corrected chi connectivity index (χ0v) is 12.7. The lowest BCUT2D eigenvalue weighted by Crippen LogP contribution is -2.08. The summed E-state index contributed by atoms with van der Waals surface area (Å²) in [7, 11) is 0. The molecule has 0 aromatic heterocycles. The first-order valence-corrected chi connectivity index (χ1v) is 7.00. The summed E-state index contributed by atoms with van der Waals surface area (Å²) in [6.07, 6.45) is -0.583. The maximum absolute atomic E-state index is 10.7. The molecular formula is C18H23NO. The Hall–Kier alpha value is -1.64. The number of aliphatic hydroxyl groups excluding tert-OH is 1. The van der Waals surface area contributed by atoms with Crippen molar-refractivity contribution in [3.63, 3.8) is 0 Å². The fourth-order valence-corrected chi connectivity index (χ4v) is 2.66. The average molecular weight is 269 g/mol. The third kappa shape index (κ3) is 2.62. The third-order valence-corrected chi connectivity index (χ3v) is 4.23. The van der Waals surface area contributed by atoms with E-state index >= 15 is 0 Å². The highest BCUT2D eigenvalue weighted by atomic mass is 16.3. The third-order valence-electron chi connectivity index (χ3n) is 4.23. The van der Waals surface area contributed by atoms with E-state index in [1.165, 1.54) is 22.3 Å². The number of nitrogens with two attached hydrogens (primary N) is 1. The van der Waals surface area contributed by atoms with Crippen LogP contribution in [0.4, 0.5) is 0 Å². The molecule has 0 saturated carbocycles. The fourth-order valence-electron chi connectivity index (χ4n) is 2.66. The Morgan fingerprint density at radius 2 is 1.45 bits per heavy atom. The van der Waals surface area contributed by atoms with Crippen molar-refractivity contribution >= 4 is 0 Å². The number of hydrogen-bond acceptors (Lipinski definition) is 2. The number of benzene rings is 2. The lowest BCUT2D eigenvalue weighted by Gasteiger charge is -2.20. The van der Waals surface area contributed by atoms with Gasteiger partial charge in [-0.15, -0.1) is 0 Å². The Balaban J connectivity index is 2.49. The predicted octanol–water partition coefficient (Wildman–Crippen LogP) is 3.46. The van der Waals surface area contributed by atoms with Gasteiger partial charge in [0.15, 0.2) is 0 Å². The Labute approximate surface area is 121 Å². The lowest BCUT2D eigenvalue weighted by molar-refractivity contribution is 0.218. The normalized spacial score (nSPS) is 12.5. The highest BCUT2D eigenvalue weighted by Crippen LogP contribution is 2.31. The van der Waals surface area contributed by atoms with Crippen molar-refractivity contribution in [2.75, 3.05) is 0 Å². The first kappa shape index (κ1) is 14.8. The van der Waals surface area contributed by atoms with Crippen molar-refractivity contribution in [1.82, 2.24) is 0 Å². The van der Waals surface area contributed by atoms with Gasteiger partial charge in [-0.05, 0) is 66.6 Å². The van der Waals surface area contributed by atoms with E-state index < -0.39 is 6.10 Å². The van der Waals surface area contributed by atoms with E-state index in [-0.39, 0.29) is 0 Å². The van der Waals surface area contributed by atoms with Crippen LogP contribution >= 0.6 is 0 Å². The molecule has 2 aromatic rings. The molecular weight excluding hydrogens is 246 g/mol. The quantitative estimate of drug-likeness (QED) is 0.896. The van der Waals surface area contributed by atoms with Crippen LogP contribution in [0.25, 0.3) is 0 Å². The minimum absolute atomic E-state index is 0.526. The van der Waals surface area contributed by atoms with Gasteiger partial charge in [-0.2, -0.15) is 0 Å². The Kier molecular flexibility index (Phi) is 4.26. The van der Waals surface area contributed by atoms with Gasteiger partial charge in [0.05, 0.1) is 0 Å². The molecule has 0 saturated heterocycles. The molecule has 0 spiro atoms. The molecule has 0 aliphatic carbocycles. The van der Waals surface area contributed by atoms with E-state index in [0.717, 1.165) is 16.7 Å². The van der Waals surface area contributed by atoms with Crippen LogP contribution in [0, 0.1) is 27.7 Å². The molecule has 0 amide bonds. The molecule has 2 nitrogen and oxygen atoms in total. The van der Waals surface area contributed by atoms with Crippen LogP contribution in [0.1, 0.15) is 45.0 Å². The van der Waals surface area contributed by atoms with E-state index in [1.54, 1.807) is 0 Å². The largest absolute Gasteiger partial charge is 0.384 e. The maximum Gasteiger partial charge on any atom is 0.105 e. The molecule has 0 radical (unpaired) electrons. The number of rotatable bonds is 3. The minimum Gasteiger partial charge on any atom is -0.384 e. The van der Waals surface area contributed by atoms with Gasteiger partial charge < -0.3 is 10.8 Å². The van der Waals surface area contributed by atoms with Crippen LogP contribution in [0.5, 0.6) is 0 Å². The predicted molar refractivity (Wildman–Crippen MR) is 83.8 cm³/mol. The number of hydrogen-bond donors (Lipinski definition) is 2. The van der Waals surface area contributed by atoms with Crippen molar-refractivity contribution in [3.05, 3.63) is 69.3 Å². The zero-order valence-electron chi connectivity index (χ0n) is 12.7. The standard InChI is InChI=1S/C18H23NO/c1-11-9-12(2)14(4)17(13(11)3)18(20)16-7-5-15(10-19)6-8-16/h5-9,18,20H,10,19H2,1-4H3. The highest BCUT2D eigenvalue weighted by Gasteiger charge is 2.18. The SMILES string of the molecule is Cc1cc(C)c(C)c(C(O)c2ccc(CN)cc2)c1C.